The van der Waals surface area contributed by atoms with Gasteiger partial charge >= 0.3 is 0 Å². The molecule has 102 valence electrons. The van der Waals surface area contributed by atoms with Crippen LogP contribution in [0.5, 0.6) is 0 Å². The van der Waals surface area contributed by atoms with E-state index in [2.05, 4.69) is 20.5 Å². The molecule has 1 aliphatic rings. The van der Waals surface area contributed by atoms with Crippen LogP contribution in [0.15, 0.2) is 59.5 Å². The highest BCUT2D eigenvalue weighted by atomic mass is 16.2. The van der Waals surface area contributed by atoms with Gasteiger partial charge in [-0.25, -0.2) is 5.43 Å². The Morgan fingerprint density at radius 3 is 2.81 bits per heavy atom. The van der Waals surface area contributed by atoms with Gasteiger partial charge in [-0.2, -0.15) is 5.10 Å². The highest BCUT2D eigenvalue weighted by Crippen LogP contribution is 2.24. The zero-order chi connectivity index (χ0) is 14.2. The Hall–Kier alpha value is -3.08. The van der Waals surface area contributed by atoms with Gasteiger partial charge in [0, 0.05) is 34.6 Å². The first-order valence-corrected chi connectivity index (χ1v) is 6.63. The summed E-state index contributed by atoms with van der Waals surface area (Å²) in [7, 11) is 0. The number of H-pyrrole nitrogens is 2. The van der Waals surface area contributed by atoms with Crippen LogP contribution in [0.2, 0.25) is 0 Å². The number of carbonyl (C=O) groups is 1. The van der Waals surface area contributed by atoms with Crippen molar-refractivity contribution in [2.75, 3.05) is 0 Å². The molecule has 3 N–H and O–H groups in total. The number of benzene rings is 1. The maximum atomic E-state index is 12.0. The fourth-order valence-electron chi connectivity index (χ4n) is 2.53. The molecule has 5 nitrogen and oxygen atoms in total. The molecule has 0 fully saturated rings. The van der Waals surface area contributed by atoms with Gasteiger partial charge in [0.25, 0.3) is 5.91 Å². The molecule has 4 rings (SSSR count). The number of hydrazone groups is 1. The Morgan fingerprint density at radius 1 is 1.05 bits per heavy atom. The average molecular weight is 276 g/mol. The van der Waals surface area contributed by atoms with Crippen molar-refractivity contribution in [2.24, 2.45) is 5.10 Å². The van der Waals surface area contributed by atoms with E-state index in [0.717, 1.165) is 22.2 Å². The molecule has 0 aliphatic carbocycles. The number of hydrogen-bond donors (Lipinski definition) is 3. The van der Waals surface area contributed by atoms with E-state index >= 15 is 0 Å². The molecule has 0 atom stereocenters. The number of aromatic amines is 2. The minimum atomic E-state index is -0.190. The number of amides is 1. The first-order chi connectivity index (χ1) is 10.3. The third-order valence-corrected chi connectivity index (χ3v) is 3.54. The van der Waals surface area contributed by atoms with Crippen LogP contribution in [-0.2, 0) is 4.79 Å². The molecule has 3 heterocycles. The third kappa shape index (κ3) is 1.87. The van der Waals surface area contributed by atoms with Gasteiger partial charge in [0.05, 0.1) is 5.57 Å². The minimum Gasteiger partial charge on any atom is -0.362 e. The summed E-state index contributed by atoms with van der Waals surface area (Å²) in [6.45, 7) is 0. The van der Waals surface area contributed by atoms with Crippen LogP contribution in [0.25, 0.3) is 17.0 Å². The van der Waals surface area contributed by atoms with E-state index in [1.807, 2.05) is 54.9 Å². The lowest BCUT2D eigenvalue weighted by atomic mass is 10.0. The molecule has 0 unspecified atom stereocenters. The normalized spacial score (nSPS) is 16.5. The smallest absolute Gasteiger partial charge is 0.273 e. The van der Waals surface area contributed by atoms with Crippen molar-refractivity contribution >= 4 is 28.6 Å². The van der Waals surface area contributed by atoms with E-state index in [1.54, 1.807) is 0 Å². The second kappa shape index (κ2) is 4.49. The maximum absolute atomic E-state index is 12.0. The number of aromatic nitrogens is 2. The fourth-order valence-corrected chi connectivity index (χ4v) is 2.53. The number of hydrogen-bond acceptors (Lipinski definition) is 2. The first kappa shape index (κ1) is 11.7. The highest BCUT2D eigenvalue weighted by molar-refractivity contribution is 6.35. The summed E-state index contributed by atoms with van der Waals surface area (Å²) in [6, 6.07) is 11.8. The number of nitrogens with zero attached hydrogens (tertiary/aromatic N) is 1. The van der Waals surface area contributed by atoms with Crippen LogP contribution in [0.3, 0.4) is 0 Å². The summed E-state index contributed by atoms with van der Waals surface area (Å²) >= 11 is 0. The Labute approximate surface area is 120 Å². The van der Waals surface area contributed by atoms with Crippen molar-refractivity contribution in [3.05, 3.63) is 65.6 Å². The molecule has 1 aliphatic heterocycles. The van der Waals surface area contributed by atoms with Crippen LogP contribution >= 0.6 is 0 Å². The summed E-state index contributed by atoms with van der Waals surface area (Å²) < 4.78 is 0. The second-order valence-electron chi connectivity index (χ2n) is 4.83. The van der Waals surface area contributed by atoms with E-state index in [-0.39, 0.29) is 5.91 Å². The summed E-state index contributed by atoms with van der Waals surface area (Å²) in [5.41, 5.74) is 6.57. The van der Waals surface area contributed by atoms with E-state index < -0.39 is 0 Å². The maximum Gasteiger partial charge on any atom is 0.273 e. The van der Waals surface area contributed by atoms with Gasteiger partial charge in [0.2, 0.25) is 0 Å². The molecule has 5 heteroatoms. The molecular weight excluding hydrogens is 264 g/mol. The van der Waals surface area contributed by atoms with Crippen molar-refractivity contribution in [2.45, 2.75) is 0 Å². The quantitative estimate of drug-likeness (QED) is 0.618. The predicted octanol–water partition coefficient (Wildman–Crippen LogP) is 2.41. The molecule has 0 radical (unpaired) electrons. The number of carbonyl (C=O) groups excluding carboxylic acids is 1. The van der Waals surface area contributed by atoms with Crippen LogP contribution in [-0.4, -0.2) is 21.6 Å². The summed E-state index contributed by atoms with van der Waals surface area (Å²) in [5, 5.41) is 5.23. The van der Waals surface area contributed by atoms with Crippen LogP contribution in [0.4, 0.5) is 0 Å². The molecule has 1 aromatic carbocycles. The van der Waals surface area contributed by atoms with Crippen molar-refractivity contribution in [3.8, 4) is 0 Å². The molecule has 1 amide bonds. The van der Waals surface area contributed by atoms with Crippen LogP contribution in [0.1, 0.15) is 11.3 Å². The summed E-state index contributed by atoms with van der Waals surface area (Å²) in [4.78, 5) is 18.3. The predicted molar refractivity (Wildman–Crippen MR) is 81.7 cm³/mol. The number of rotatable bonds is 2. The van der Waals surface area contributed by atoms with Gasteiger partial charge in [-0.1, -0.05) is 18.2 Å². The largest absolute Gasteiger partial charge is 0.362 e. The molecule has 3 aromatic rings. The van der Waals surface area contributed by atoms with Crippen LogP contribution in [0, 0.1) is 0 Å². The van der Waals surface area contributed by atoms with Crippen molar-refractivity contribution in [1.29, 1.82) is 0 Å². The summed E-state index contributed by atoms with van der Waals surface area (Å²) in [5.74, 6) is -0.190. The molecular formula is C16H12N4O. The number of fused-ring (bicyclic) bond motifs is 1. The highest BCUT2D eigenvalue weighted by Gasteiger charge is 2.25. The Balaban J connectivity index is 1.85. The van der Waals surface area contributed by atoms with E-state index in [4.69, 9.17) is 0 Å². The van der Waals surface area contributed by atoms with E-state index in [0.29, 0.717) is 11.3 Å². The molecule has 0 saturated carbocycles. The Morgan fingerprint density at radius 2 is 1.95 bits per heavy atom. The van der Waals surface area contributed by atoms with Crippen molar-refractivity contribution < 1.29 is 4.79 Å². The standard InChI is InChI=1S/C16H12N4O/c21-16-12(8-10-4-3-7-17-10)15(19-20-16)13-9-18-14-6-2-1-5-11(13)14/h1-9,17-18H,(H,20,21). The number of para-hydroxylation sites is 1. The zero-order valence-corrected chi connectivity index (χ0v) is 11.1. The van der Waals surface area contributed by atoms with E-state index in [9.17, 15) is 4.79 Å². The fraction of sp³-hybridized carbons (Fsp3) is 0. The SMILES string of the molecule is O=C1NN=C(c2c[nH]c3ccccc23)C1=Cc1ccc[nH]1. The van der Waals surface area contributed by atoms with Gasteiger partial charge in [0.15, 0.2) is 0 Å². The first-order valence-electron chi connectivity index (χ1n) is 6.63. The molecule has 2 aromatic heterocycles. The lowest BCUT2D eigenvalue weighted by Crippen LogP contribution is -2.13. The van der Waals surface area contributed by atoms with Gasteiger partial charge in [-0.15, -0.1) is 0 Å². The minimum absolute atomic E-state index is 0.190. The van der Waals surface area contributed by atoms with Crippen LogP contribution < -0.4 is 5.43 Å². The average Bonchev–Trinajstić information content (AvgIpc) is 3.21. The Bertz CT molecular complexity index is 884. The lowest BCUT2D eigenvalue weighted by molar-refractivity contribution is -0.116. The molecule has 0 bridgehead atoms. The van der Waals surface area contributed by atoms with Gasteiger partial charge in [-0.05, 0) is 24.3 Å². The topological polar surface area (TPSA) is 73.0 Å². The third-order valence-electron chi connectivity index (χ3n) is 3.54. The number of nitrogens with one attached hydrogen (secondary N) is 3. The molecule has 21 heavy (non-hydrogen) atoms. The molecule has 0 saturated heterocycles. The Kier molecular flexibility index (Phi) is 2.50. The monoisotopic (exact) mass is 276 g/mol. The van der Waals surface area contributed by atoms with Crippen molar-refractivity contribution in [3.63, 3.8) is 0 Å². The van der Waals surface area contributed by atoms with Gasteiger partial charge in [0.1, 0.15) is 5.71 Å². The zero-order valence-electron chi connectivity index (χ0n) is 11.1. The van der Waals surface area contributed by atoms with Crippen molar-refractivity contribution in [1.82, 2.24) is 15.4 Å². The summed E-state index contributed by atoms with van der Waals surface area (Å²) in [6.07, 6.45) is 5.51. The lowest BCUT2D eigenvalue weighted by Gasteiger charge is -2.00. The van der Waals surface area contributed by atoms with E-state index in [1.165, 1.54) is 0 Å². The second-order valence-corrected chi connectivity index (χ2v) is 4.83. The molecule has 0 spiro atoms. The van der Waals surface area contributed by atoms with Gasteiger partial charge < -0.3 is 9.97 Å². The van der Waals surface area contributed by atoms with Gasteiger partial charge in [-0.3, -0.25) is 4.79 Å².